The van der Waals surface area contributed by atoms with Gasteiger partial charge in [0.1, 0.15) is 0 Å². The van der Waals surface area contributed by atoms with Gasteiger partial charge in [0, 0.05) is 23.6 Å². The van der Waals surface area contributed by atoms with Crippen LogP contribution in [-0.4, -0.2) is 22.8 Å². The molecule has 0 fully saturated rings. The Hall–Kier alpha value is -0.720. The smallest absolute Gasteiger partial charge is 0.396 e. The van der Waals surface area contributed by atoms with Crippen molar-refractivity contribution in [3.05, 3.63) is 29.8 Å². The molecule has 2 N–H and O–H groups in total. The zero-order chi connectivity index (χ0) is 15.2. The van der Waals surface area contributed by atoms with Gasteiger partial charge in [-0.25, -0.2) is 0 Å². The molecule has 20 heavy (non-hydrogen) atoms. The predicted octanol–water partition coefficient (Wildman–Crippen LogP) is 3.94. The Morgan fingerprint density at radius 1 is 1.20 bits per heavy atom. The molecule has 0 spiro atoms. The summed E-state index contributed by atoms with van der Waals surface area (Å²) in [6.07, 6.45) is 1.51. The van der Waals surface area contributed by atoms with Gasteiger partial charge in [-0.15, -0.1) is 0 Å². The number of rotatable bonds is 7. The van der Waals surface area contributed by atoms with Gasteiger partial charge in [0.25, 0.3) is 0 Å². The fraction of sp³-hybridized carbons (Fsp3) is 0.571. The van der Waals surface area contributed by atoms with Crippen LogP contribution in [0.3, 0.4) is 0 Å². The molecule has 0 amide bonds. The lowest BCUT2D eigenvalue weighted by atomic mass is 9.94. The highest BCUT2D eigenvalue weighted by Crippen LogP contribution is 2.36. The van der Waals surface area contributed by atoms with Crippen LogP contribution in [0.5, 0.6) is 0 Å². The zero-order valence-electron chi connectivity index (χ0n) is 11.6. The lowest BCUT2D eigenvalue weighted by Crippen LogP contribution is -2.42. The van der Waals surface area contributed by atoms with Gasteiger partial charge in [0.15, 0.2) is 0 Å². The van der Waals surface area contributed by atoms with Crippen LogP contribution in [0, 0.1) is 0 Å². The Bertz CT molecular complexity index is 408. The molecule has 0 saturated carbocycles. The molecule has 0 aliphatic heterocycles. The fourth-order valence-corrected chi connectivity index (χ4v) is 2.30. The van der Waals surface area contributed by atoms with E-state index in [1.54, 1.807) is 12.1 Å². The van der Waals surface area contributed by atoms with E-state index in [0.717, 1.165) is 12.0 Å². The van der Waals surface area contributed by atoms with Gasteiger partial charge in [-0.1, -0.05) is 19.1 Å². The molecule has 0 aromatic heterocycles. The Balaban J connectivity index is 2.57. The van der Waals surface area contributed by atoms with E-state index in [1.807, 2.05) is 13.8 Å². The van der Waals surface area contributed by atoms with Crippen molar-refractivity contribution in [2.45, 2.75) is 49.2 Å². The number of thioether (sulfide) groups is 1. The minimum Gasteiger partial charge on any atom is -0.396 e. The van der Waals surface area contributed by atoms with Crippen molar-refractivity contribution in [3.8, 4) is 0 Å². The lowest BCUT2D eigenvalue weighted by molar-refractivity contribution is -0.0328. The largest absolute Gasteiger partial charge is 0.446 e. The standard InChI is InChI=1S/C14H20F3NOS/c1-3-13(2,8-9-19)18-10-11-4-6-12(7-5-11)20-14(15,16)17/h4-7,18-19H,3,8-10H2,1-2H3. The Morgan fingerprint density at radius 2 is 1.80 bits per heavy atom. The second-order valence-electron chi connectivity index (χ2n) is 4.93. The molecular formula is C14H20F3NOS. The van der Waals surface area contributed by atoms with Gasteiger partial charge < -0.3 is 10.4 Å². The monoisotopic (exact) mass is 307 g/mol. The first-order chi connectivity index (χ1) is 9.28. The molecule has 1 rings (SSSR count). The molecular weight excluding hydrogens is 287 g/mol. The fourth-order valence-electron chi connectivity index (χ4n) is 1.76. The van der Waals surface area contributed by atoms with Crippen LogP contribution in [0.4, 0.5) is 13.2 Å². The average molecular weight is 307 g/mol. The van der Waals surface area contributed by atoms with Crippen molar-refractivity contribution in [2.24, 2.45) is 0 Å². The minimum absolute atomic E-state index is 0.108. The van der Waals surface area contributed by atoms with Gasteiger partial charge in [-0.05, 0) is 49.2 Å². The highest BCUT2D eigenvalue weighted by molar-refractivity contribution is 8.00. The molecule has 2 nitrogen and oxygen atoms in total. The van der Waals surface area contributed by atoms with Gasteiger partial charge in [0.2, 0.25) is 0 Å². The number of halogens is 3. The molecule has 1 atom stereocenters. The zero-order valence-corrected chi connectivity index (χ0v) is 12.4. The quantitative estimate of drug-likeness (QED) is 0.748. The number of aliphatic hydroxyl groups is 1. The molecule has 0 aliphatic rings. The third-order valence-electron chi connectivity index (χ3n) is 3.32. The van der Waals surface area contributed by atoms with Crippen molar-refractivity contribution in [1.29, 1.82) is 0 Å². The molecule has 0 radical (unpaired) electrons. The van der Waals surface area contributed by atoms with Crippen LogP contribution in [0.2, 0.25) is 0 Å². The van der Waals surface area contributed by atoms with Crippen LogP contribution >= 0.6 is 11.8 Å². The average Bonchev–Trinajstić information content (AvgIpc) is 2.37. The number of alkyl halides is 3. The van der Waals surface area contributed by atoms with Crippen molar-refractivity contribution < 1.29 is 18.3 Å². The summed E-state index contributed by atoms with van der Waals surface area (Å²) in [6.45, 7) is 4.74. The molecule has 0 aliphatic carbocycles. The molecule has 114 valence electrons. The summed E-state index contributed by atoms with van der Waals surface area (Å²) in [7, 11) is 0. The van der Waals surface area contributed by atoms with Gasteiger partial charge in [0.05, 0.1) is 0 Å². The maximum absolute atomic E-state index is 12.2. The highest BCUT2D eigenvalue weighted by atomic mass is 32.2. The number of aliphatic hydroxyl groups excluding tert-OH is 1. The lowest BCUT2D eigenvalue weighted by Gasteiger charge is -2.29. The van der Waals surface area contributed by atoms with E-state index in [-0.39, 0.29) is 28.8 Å². The van der Waals surface area contributed by atoms with Crippen LogP contribution in [0.1, 0.15) is 32.3 Å². The summed E-state index contributed by atoms with van der Waals surface area (Å²) in [6, 6.07) is 6.33. The third kappa shape index (κ3) is 6.15. The van der Waals surface area contributed by atoms with Gasteiger partial charge >= 0.3 is 5.51 Å². The molecule has 1 unspecified atom stereocenters. The summed E-state index contributed by atoms with van der Waals surface area (Å²) in [4.78, 5) is 0.190. The van der Waals surface area contributed by atoms with Crippen molar-refractivity contribution in [3.63, 3.8) is 0 Å². The molecule has 1 aromatic carbocycles. The normalized spacial score (nSPS) is 15.1. The topological polar surface area (TPSA) is 32.3 Å². The van der Waals surface area contributed by atoms with E-state index in [1.165, 1.54) is 12.1 Å². The number of hydrogen-bond donors (Lipinski definition) is 2. The number of hydrogen-bond acceptors (Lipinski definition) is 3. The molecule has 6 heteroatoms. The number of benzene rings is 1. The highest BCUT2D eigenvalue weighted by Gasteiger charge is 2.29. The maximum atomic E-state index is 12.2. The van der Waals surface area contributed by atoms with Crippen LogP contribution in [0.15, 0.2) is 29.2 Å². The summed E-state index contributed by atoms with van der Waals surface area (Å²) < 4.78 is 36.6. The first kappa shape index (κ1) is 17.3. The first-order valence-electron chi connectivity index (χ1n) is 6.48. The van der Waals surface area contributed by atoms with Gasteiger partial charge in [-0.3, -0.25) is 0 Å². The molecule has 0 heterocycles. The molecule has 0 saturated heterocycles. The summed E-state index contributed by atoms with van der Waals surface area (Å²) in [5.41, 5.74) is -3.48. The van der Waals surface area contributed by atoms with Gasteiger partial charge in [-0.2, -0.15) is 13.2 Å². The Morgan fingerprint density at radius 3 is 2.25 bits per heavy atom. The van der Waals surface area contributed by atoms with E-state index >= 15 is 0 Å². The summed E-state index contributed by atoms with van der Waals surface area (Å²) in [5, 5.41) is 12.4. The second-order valence-corrected chi connectivity index (χ2v) is 6.07. The minimum atomic E-state index is -4.25. The second kappa shape index (κ2) is 7.33. The van der Waals surface area contributed by atoms with Crippen LogP contribution < -0.4 is 5.32 Å². The number of nitrogens with one attached hydrogen (secondary N) is 1. The Labute approximate surface area is 121 Å². The third-order valence-corrected chi connectivity index (χ3v) is 4.06. The van der Waals surface area contributed by atoms with E-state index < -0.39 is 5.51 Å². The SMILES string of the molecule is CCC(C)(CCO)NCc1ccc(SC(F)(F)F)cc1. The van der Waals surface area contributed by atoms with E-state index in [0.29, 0.717) is 13.0 Å². The first-order valence-corrected chi connectivity index (χ1v) is 7.30. The van der Waals surface area contributed by atoms with E-state index in [4.69, 9.17) is 5.11 Å². The molecule has 1 aromatic rings. The summed E-state index contributed by atoms with van der Waals surface area (Å²) in [5.74, 6) is 0. The molecule has 0 bridgehead atoms. The van der Waals surface area contributed by atoms with Crippen LogP contribution in [0.25, 0.3) is 0 Å². The van der Waals surface area contributed by atoms with Crippen molar-refractivity contribution in [2.75, 3.05) is 6.61 Å². The van der Waals surface area contributed by atoms with Crippen LogP contribution in [-0.2, 0) is 6.54 Å². The summed E-state index contributed by atoms with van der Waals surface area (Å²) >= 11 is -0.108. The predicted molar refractivity (Wildman–Crippen MR) is 75.6 cm³/mol. The van der Waals surface area contributed by atoms with Crippen molar-refractivity contribution in [1.82, 2.24) is 5.32 Å². The van der Waals surface area contributed by atoms with E-state index in [9.17, 15) is 13.2 Å². The maximum Gasteiger partial charge on any atom is 0.446 e. The Kier molecular flexibility index (Phi) is 6.36. The van der Waals surface area contributed by atoms with E-state index in [2.05, 4.69) is 5.32 Å². The van der Waals surface area contributed by atoms with Crippen molar-refractivity contribution >= 4 is 11.8 Å².